The monoisotopic (exact) mass is 344 g/mol. The molecule has 25 heavy (non-hydrogen) atoms. The van der Waals surface area contributed by atoms with Gasteiger partial charge in [0.25, 0.3) is 5.91 Å². The Bertz CT molecular complexity index is 562. The highest BCUT2D eigenvalue weighted by Crippen LogP contribution is 2.24. The molecule has 1 aromatic carbocycles. The third kappa shape index (κ3) is 5.21. The van der Waals surface area contributed by atoms with Crippen molar-refractivity contribution in [1.82, 2.24) is 10.2 Å². The lowest BCUT2D eigenvalue weighted by atomic mass is 9.88. The van der Waals surface area contributed by atoms with Gasteiger partial charge >= 0.3 is 0 Å². The maximum Gasteiger partial charge on any atom is 0.260 e. The molecule has 1 aliphatic heterocycles. The SMILES string of the molecule is O=C(NC1CCN(C(=O)COc2ccccc2)CC1)C1CCCCC1. The van der Waals surface area contributed by atoms with Crippen molar-refractivity contribution in [3.8, 4) is 5.75 Å². The van der Waals surface area contributed by atoms with E-state index in [-0.39, 0.29) is 30.4 Å². The lowest BCUT2D eigenvalue weighted by Gasteiger charge is -2.33. The minimum atomic E-state index is 0.0147. The van der Waals surface area contributed by atoms with Crippen molar-refractivity contribution < 1.29 is 14.3 Å². The number of benzene rings is 1. The number of amides is 2. The summed E-state index contributed by atoms with van der Waals surface area (Å²) in [5.41, 5.74) is 0. The van der Waals surface area contributed by atoms with Gasteiger partial charge in [-0.3, -0.25) is 9.59 Å². The van der Waals surface area contributed by atoms with Gasteiger partial charge < -0.3 is 15.0 Å². The summed E-state index contributed by atoms with van der Waals surface area (Å²) in [7, 11) is 0. The molecule has 1 aliphatic carbocycles. The van der Waals surface area contributed by atoms with E-state index < -0.39 is 0 Å². The summed E-state index contributed by atoms with van der Waals surface area (Å²) in [5, 5.41) is 3.20. The van der Waals surface area contributed by atoms with Crippen LogP contribution < -0.4 is 10.1 Å². The van der Waals surface area contributed by atoms with Gasteiger partial charge in [-0.05, 0) is 37.8 Å². The number of piperidine rings is 1. The van der Waals surface area contributed by atoms with Crippen molar-refractivity contribution in [2.45, 2.75) is 51.0 Å². The van der Waals surface area contributed by atoms with Crippen molar-refractivity contribution in [1.29, 1.82) is 0 Å². The van der Waals surface area contributed by atoms with Gasteiger partial charge in [-0.1, -0.05) is 37.5 Å². The van der Waals surface area contributed by atoms with Gasteiger partial charge in [-0.15, -0.1) is 0 Å². The summed E-state index contributed by atoms with van der Waals surface area (Å²) in [6, 6.07) is 9.59. The van der Waals surface area contributed by atoms with Gasteiger partial charge in [0.2, 0.25) is 5.91 Å². The van der Waals surface area contributed by atoms with E-state index in [1.165, 1.54) is 19.3 Å². The number of nitrogens with zero attached hydrogens (tertiary/aromatic N) is 1. The zero-order chi connectivity index (χ0) is 17.5. The predicted octanol–water partition coefficient (Wildman–Crippen LogP) is 2.75. The summed E-state index contributed by atoms with van der Waals surface area (Å²) >= 11 is 0. The van der Waals surface area contributed by atoms with Crippen molar-refractivity contribution in [3.05, 3.63) is 30.3 Å². The first-order valence-electron chi connectivity index (χ1n) is 9.48. The molecule has 2 aliphatic rings. The van der Waals surface area contributed by atoms with Crippen LogP contribution in [0.25, 0.3) is 0 Å². The fourth-order valence-electron chi connectivity index (χ4n) is 3.71. The normalized spacial score (nSPS) is 19.4. The van der Waals surface area contributed by atoms with Crippen LogP contribution in [0.1, 0.15) is 44.9 Å². The van der Waals surface area contributed by atoms with Gasteiger partial charge in [-0.2, -0.15) is 0 Å². The molecular formula is C20H28N2O3. The first-order chi connectivity index (χ1) is 12.2. The van der Waals surface area contributed by atoms with E-state index >= 15 is 0 Å². The van der Waals surface area contributed by atoms with E-state index in [0.29, 0.717) is 18.8 Å². The molecule has 0 spiro atoms. The van der Waals surface area contributed by atoms with Crippen molar-refractivity contribution in [3.63, 3.8) is 0 Å². The number of rotatable bonds is 5. The molecule has 0 bridgehead atoms. The third-order valence-corrected chi connectivity index (χ3v) is 5.28. The molecular weight excluding hydrogens is 316 g/mol. The summed E-state index contributed by atoms with van der Waals surface area (Å²) in [5.74, 6) is 1.15. The van der Waals surface area contributed by atoms with E-state index in [2.05, 4.69) is 5.32 Å². The average molecular weight is 344 g/mol. The van der Waals surface area contributed by atoms with E-state index in [1.54, 1.807) is 0 Å². The van der Waals surface area contributed by atoms with Crippen LogP contribution >= 0.6 is 0 Å². The maximum atomic E-state index is 12.3. The van der Waals surface area contributed by atoms with Gasteiger partial charge in [-0.25, -0.2) is 0 Å². The topological polar surface area (TPSA) is 58.6 Å². The molecule has 5 nitrogen and oxygen atoms in total. The van der Waals surface area contributed by atoms with E-state index in [9.17, 15) is 9.59 Å². The fraction of sp³-hybridized carbons (Fsp3) is 0.600. The molecule has 1 aromatic rings. The van der Waals surface area contributed by atoms with Crippen molar-refractivity contribution >= 4 is 11.8 Å². The Labute approximate surface area is 149 Å². The number of para-hydroxylation sites is 1. The minimum absolute atomic E-state index is 0.0147. The second-order valence-corrected chi connectivity index (χ2v) is 7.10. The van der Waals surface area contributed by atoms with Crippen LogP contribution in [0.5, 0.6) is 5.75 Å². The second kappa shape index (κ2) is 8.88. The van der Waals surface area contributed by atoms with Crippen LogP contribution in [0.15, 0.2) is 30.3 Å². The molecule has 1 heterocycles. The molecule has 2 fully saturated rings. The van der Waals surface area contributed by atoms with E-state index in [0.717, 1.165) is 25.7 Å². The van der Waals surface area contributed by atoms with Crippen LogP contribution in [0.2, 0.25) is 0 Å². The summed E-state index contributed by atoms with van der Waals surface area (Å²) < 4.78 is 5.53. The van der Waals surface area contributed by atoms with Gasteiger partial charge in [0, 0.05) is 25.0 Å². The Hall–Kier alpha value is -2.04. The standard InChI is InChI=1S/C20H28N2O3/c23-19(15-25-18-9-5-2-6-10-18)22-13-11-17(12-14-22)21-20(24)16-7-3-1-4-8-16/h2,5-6,9-10,16-17H,1,3-4,7-8,11-15H2,(H,21,24). The summed E-state index contributed by atoms with van der Waals surface area (Å²) in [6.07, 6.45) is 7.32. The van der Waals surface area contributed by atoms with E-state index in [1.807, 2.05) is 35.2 Å². The smallest absolute Gasteiger partial charge is 0.260 e. The molecule has 1 saturated heterocycles. The average Bonchev–Trinajstić information content (AvgIpc) is 2.68. The van der Waals surface area contributed by atoms with Gasteiger partial charge in [0.05, 0.1) is 0 Å². The molecule has 2 amide bonds. The van der Waals surface area contributed by atoms with E-state index in [4.69, 9.17) is 4.74 Å². The highest BCUT2D eigenvalue weighted by atomic mass is 16.5. The lowest BCUT2D eigenvalue weighted by Crippen LogP contribution is -2.48. The number of nitrogens with one attached hydrogen (secondary N) is 1. The lowest BCUT2D eigenvalue weighted by molar-refractivity contribution is -0.134. The highest BCUT2D eigenvalue weighted by Gasteiger charge is 2.27. The van der Waals surface area contributed by atoms with Crippen LogP contribution in [-0.2, 0) is 9.59 Å². The minimum Gasteiger partial charge on any atom is -0.484 e. The fourth-order valence-corrected chi connectivity index (χ4v) is 3.71. The molecule has 0 atom stereocenters. The van der Waals surface area contributed by atoms with Gasteiger partial charge in [0.1, 0.15) is 5.75 Å². The first-order valence-corrected chi connectivity index (χ1v) is 9.48. The molecule has 136 valence electrons. The summed E-state index contributed by atoms with van der Waals surface area (Å²) in [6.45, 7) is 1.45. The number of ether oxygens (including phenoxy) is 1. The number of carbonyl (C=O) groups excluding carboxylic acids is 2. The number of carbonyl (C=O) groups is 2. The highest BCUT2D eigenvalue weighted by molar-refractivity contribution is 5.79. The Morgan fingerprint density at radius 3 is 2.36 bits per heavy atom. The van der Waals surface area contributed by atoms with Crippen molar-refractivity contribution in [2.75, 3.05) is 19.7 Å². The first kappa shape index (κ1) is 17.8. The molecule has 1 N–H and O–H groups in total. The predicted molar refractivity (Wildman–Crippen MR) is 96.3 cm³/mol. The van der Waals surface area contributed by atoms with Crippen LogP contribution in [0, 0.1) is 5.92 Å². The number of hydrogen-bond donors (Lipinski definition) is 1. The molecule has 5 heteroatoms. The van der Waals surface area contributed by atoms with Crippen molar-refractivity contribution in [2.24, 2.45) is 5.92 Å². The van der Waals surface area contributed by atoms with Crippen LogP contribution in [-0.4, -0.2) is 42.5 Å². The quantitative estimate of drug-likeness (QED) is 0.893. The maximum absolute atomic E-state index is 12.3. The number of likely N-dealkylation sites (tertiary alicyclic amines) is 1. The Balaban J connectivity index is 1.37. The molecule has 3 rings (SSSR count). The Morgan fingerprint density at radius 1 is 1.00 bits per heavy atom. The third-order valence-electron chi connectivity index (χ3n) is 5.28. The van der Waals surface area contributed by atoms with Gasteiger partial charge in [0.15, 0.2) is 6.61 Å². The molecule has 0 unspecified atom stereocenters. The van der Waals surface area contributed by atoms with Crippen LogP contribution in [0.3, 0.4) is 0 Å². The zero-order valence-electron chi connectivity index (χ0n) is 14.8. The molecule has 0 aromatic heterocycles. The molecule has 0 radical (unpaired) electrons. The zero-order valence-corrected chi connectivity index (χ0v) is 14.8. The Morgan fingerprint density at radius 2 is 1.68 bits per heavy atom. The number of hydrogen-bond acceptors (Lipinski definition) is 3. The van der Waals surface area contributed by atoms with Crippen LogP contribution in [0.4, 0.5) is 0 Å². The molecule has 1 saturated carbocycles. The Kier molecular flexibility index (Phi) is 6.31. The second-order valence-electron chi connectivity index (χ2n) is 7.10. The largest absolute Gasteiger partial charge is 0.484 e. The summed E-state index contributed by atoms with van der Waals surface area (Å²) in [4.78, 5) is 26.4.